The lowest BCUT2D eigenvalue weighted by Gasteiger charge is -2.25. The SMILES string of the molecule is COc1ccc(CCN(Cc2cc3c(C)ccc(C)c3[nH]c2=O)Cc2nnnn2C(C)(C)C)cc1OC. The molecule has 0 bridgehead atoms. The molecule has 2 aromatic carbocycles. The maximum atomic E-state index is 13.1. The Morgan fingerprint density at radius 3 is 2.41 bits per heavy atom. The Bertz CT molecular complexity index is 1450. The molecule has 0 saturated carbocycles. The van der Waals surface area contributed by atoms with Gasteiger partial charge in [-0.25, -0.2) is 4.68 Å². The zero-order valence-corrected chi connectivity index (χ0v) is 22.8. The fraction of sp³-hybridized carbons (Fsp3) is 0.429. The molecule has 0 radical (unpaired) electrons. The van der Waals surface area contributed by atoms with Gasteiger partial charge in [-0.15, -0.1) is 5.10 Å². The van der Waals surface area contributed by atoms with Crippen LogP contribution in [0.15, 0.2) is 41.2 Å². The highest BCUT2D eigenvalue weighted by atomic mass is 16.5. The van der Waals surface area contributed by atoms with Crippen molar-refractivity contribution in [3.63, 3.8) is 0 Å². The van der Waals surface area contributed by atoms with Crippen molar-refractivity contribution >= 4 is 10.9 Å². The number of nitrogens with zero attached hydrogens (tertiary/aromatic N) is 5. The minimum atomic E-state index is -0.261. The number of hydrogen-bond donors (Lipinski definition) is 1. The molecule has 4 aromatic rings. The standard InChI is InChI=1S/C28H36N6O3/c1-18-8-9-19(2)26-22(18)15-21(27(35)29-26)16-33(17-25-30-31-32-34(25)28(3,4)5)13-12-20-10-11-23(36-6)24(14-20)37-7/h8-11,14-15H,12-13,16-17H2,1-7H3,(H,29,35). The number of tetrazole rings is 1. The average molecular weight is 505 g/mol. The van der Waals surface area contributed by atoms with E-state index in [1.807, 2.05) is 41.9 Å². The van der Waals surface area contributed by atoms with Crippen LogP contribution in [0.3, 0.4) is 0 Å². The van der Waals surface area contributed by atoms with Gasteiger partial charge in [0.2, 0.25) is 0 Å². The normalized spacial score (nSPS) is 11.9. The van der Waals surface area contributed by atoms with Crippen LogP contribution in [-0.2, 0) is 25.0 Å². The molecule has 1 N–H and O–H groups in total. The van der Waals surface area contributed by atoms with E-state index >= 15 is 0 Å². The molecule has 0 atom stereocenters. The predicted octanol–water partition coefficient (Wildman–Crippen LogP) is 4.15. The van der Waals surface area contributed by atoms with E-state index in [0.29, 0.717) is 36.7 Å². The van der Waals surface area contributed by atoms with Crippen LogP contribution < -0.4 is 15.0 Å². The lowest BCUT2D eigenvalue weighted by atomic mass is 10.0. The molecule has 0 aliphatic carbocycles. The third kappa shape index (κ3) is 5.83. The lowest BCUT2D eigenvalue weighted by Crippen LogP contribution is -2.32. The highest BCUT2D eigenvalue weighted by molar-refractivity contribution is 5.85. The fourth-order valence-corrected chi connectivity index (χ4v) is 4.54. The van der Waals surface area contributed by atoms with E-state index in [4.69, 9.17) is 9.47 Å². The summed E-state index contributed by atoms with van der Waals surface area (Å²) in [5.74, 6) is 2.14. The van der Waals surface area contributed by atoms with Crippen molar-refractivity contribution in [1.29, 1.82) is 0 Å². The number of aromatic nitrogens is 5. The van der Waals surface area contributed by atoms with Crippen LogP contribution in [0.25, 0.3) is 10.9 Å². The number of hydrogen-bond acceptors (Lipinski definition) is 7. The van der Waals surface area contributed by atoms with Gasteiger partial charge in [-0.2, -0.15) is 0 Å². The van der Waals surface area contributed by atoms with Crippen molar-refractivity contribution in [3.05, 3.63) is 74.8 Å². The van der Waals surface area contributed by atoms with Gasteiger partial charge in [0.15, 0.2) is 17.3 Å². The molecule has 2 heterocycles. The van der Waals surface area contributed by atoms with Crippen LogP contribution in [0.5, 0.6) is 11.5 Å². The van der Waals surface area contributed by atoms with Crippen LogP contribution in [-0.4, -0.2) is 50.9 Å². The summed E-state index contributed by atoms with van der Waals surface area (Å²) in [4.78, 5) is 18.5. The second-order valence-electron chi connectivity index (χ2n) is 10.4. The number of fused-ring (bicyclic) bond motifs is 1. The number of aryl methyl sites for hydroxylation is 2. The fourth-order valence-electron chi connectivity index (χ4n) is 4.54. The van der Waals surface area contributed by atoms with E-state index in [9.17, 15) is 4.79 Å². The molecule has 0 saturated heterocycles. The van der Waals surface area contributed by atoms with Gasteiger partial charge in [0, 0.05) is 24.0 Å². The van der Waals surface area contributed by atoms with Gasteiger partial charge in [0.25, 0.3) is 5.56 Å². The first-order valence-electron chi connectivity index (χ1n) is 12.4. The first kappa shape index (κ1) is 26.3. The highest BCUT2D eigenvalue weighted by Crippen LogP contribution is 2.28. The molecule has 0 spiro atoms. The number of rotatable bonds is 9. The van der Waals surface area contributed by atoms with Crippen LogP contribution in [0.4, 0.5) is 0 Å². The third-order valence-electron chi connectivity index (χ3n) is 6.61. The largest absolute Gasteiger partial charge is 0.493 e. The van der Waals surface area contributed by atoms with Gasteiger partial charge in [0.1, 0.15) is 0 Å². The number of H-pyrrole nitrogens is 1. The van der Waals surface area contributed by atoms with Gasteiger partial charge >= 0.3 is 0 Å². The molecule has 0 aliphatic rings. The first-order chi connectivity index (χ1) is 17.6. The Kier molecular flexibility index (Phi) is 7.63. The van der Waals surface area contributed by atoms with Crippen molar-refractivity contribution in [3.8, 4) is 11.5 Å². The van der Waals surface area contributed by atoms with Crippen LogP contribution in [0, 0.1) is 13.8 Å². The van der Waals surface area contributed by atoms with Crippen molar-refractivity contribution in [1.82, 2.24) is 30.1 Å². The molecule has 0 unspecified atom stereocenters. The van der Waals surface area contributed by atoms with E-state index in [1.54, 1.807) is 14.2 Å². The topological polar surface area (TPSA) is 98.2 Å². The molecule has 4 rings (SSSR count). The molecule has 9 nitrogen and oxygen atoms in total. The molecule has 9 heteroatoms. The quantitative estimate of drug-likeness (QED) is 0.366. The number of benzene rings is 2. The summed E-state index contributed by atoms with van der Waals surface area (Å²) in [7, 11) is 3.26. The Balaban J connectivity index is 1.66. The summed E-state index contributed by atoms with van der Waals surface area (Å²) in [5.41, 5.74) is 4.56. The second-order valence-corrected chi connectivity index (χ2v) is 10.4. The Labute approximate surface area is 217 Å². The minimum absolute atomic E-state index is 0.0762. The van der Waals surface area contributed by atoms with Gasteiger partial charge in [-0.05, 0) is 86.4 Å². The van der Waals surface area contributed by atoms with E-state index in [-0.39, 0.29) is 11.1 Å². The number of methoxy groups -OCH3 is 2. The van der Waals surface area contributed by atoms with Crippen LogP contribution in [0.1, 0.15) is 48.8 Å². The van der Waals surface area contributed by atoms with Crippen molar-refractivity contribution in [2.75, 3.05) is 20.8 Å². The zero-order chi connectivity index (χ0) is 26.7. The summed E-state index contributed by atoms with van der Waals surface area (Å²) in [6.07, 6.45) is 0.751. The third-order valence-corrected chi connectivity index (χ3v) is 6.61. The van der Waals surface area contributed by atoms with Gasteiger partial charge < -0.3 is 14.5 Å². The molecule has 196 valence electrons. The van der Waals surface area contributed by atoms with E-state index in [1.165, 1.54) is 0 Å². The van der Waals surface area contributed by atoms with E-state index in [0.717, 1.165) is 39.8 Å². The summed E-state index contributed by atoms with van der Waals surface area (Å²) in [6.45, 7) is 11.9. The van der Waals surface area contributed by atoms with Crippen LogP contribution >= 0.6 is 0 Å². The summed E-state index contributed by atoms with van der Waals surface area (Å²) < 4.78 is 12.7. The average Bonchev–Trinajstić information content (AvgIpc) is 3.34. The molecular weight excluding hydrogens is 468 g/mol. The molecule has 0 aliphatic heterocycles. The number of nitrogens with one attached hydrogen (secondary N) is 1. The summed E-state index contributed by atoms with van der Waals surface area (Å²) in [5, 5.41) is 13.5. The monoisotopic (exact) mass is 504 g/mol. The molecule has 0 fully saturated rings. The lowest BCUT2D eigenvalue weighted by molar-refractivity contribution is 0.233. The number of aromatic amines is 1. The summed E-state index contributed by atoms with van der Waals surface area (Å²) >= 11 is 0. The highest BCUT2D eigenvalue weighted by Gasteiger charge is 2.22. The number of pyridine rings is 1. The minimum Gasteiger partial charge on any atom is -0.493 e. The second kappa shape index (κ2) is 10.7. The van der Waals surface area contributed by atoms with E-state index in [2.05, 4.69) is 59.2 Å². The smallest absolute Gasteiger partial charge is 0.252 e. The van der Waals surface area contributed by atoms with Crippen molar-refractivity contribution in [2.45, 2.75) is 59.7 Å². The van der Waals surface area contributed by atoms with Gasteiger partial charge in [-0.1, -0.05) is 18.2 Å². The summed E-state index contributed by atoms with van der Waals surface area (Å²) in [6, 6.07) is 12.1. The Morgan fingerprint density at radius 1 is 0.973 bits per heavy atom. The predicted molar refractivity (Wildman–Crippen MR) is 144 cm³/mol. The Morgan fingerprint density at radius 2 is 1.70 bits per heavy atom. The molecule has 0 amide bonds. The molecule has 37 heavy (non-hydrogen) atoms. The maximum Gasteiger partial charge on any atom is 0.252 e. The first-order valence-corrected chi connectivity index (χ1v) is 12.4. The van der Waals surface area contributed by atoms with Crippen molar-refractivity contribution in [2.24, 2.45) is 0 Å². The Hall–Kier alpha value is -3.72. The van der Waals surface area contributed by atoms with E-state index < -0.39 is 0 Å². The zero-order valence-electron chi connectivity index (χ0n) is 22.8. The van der Waals surface area contributed by atoms with Crippen LogP contribution in [0.2, 0.25) is 0 Å². The van der Waals surface area contributed by atoms with Gasteiger partial charge in [0.05, 0.1) is 31.8 Å². The molecular formula is C28H36N6O3. The number of ether oxygens (including phenoxy) is 2. The molecule has 2 aromatic heterocycles. The van der Waals surface area contributed by atoms with Crippen molar-refractivity contribution < 1.29 is 9.47 Å². The van der Waals surface area contributed by atoms with Gasteiger partial charge in [-0.3, -0.25) is 9.69 Å². The maximum absolute atomic E-state index is 13.1.